The summed E-state index contributed by atoms with van der Waals surface area (Å²) in [5.74, 6) is 0.753. The third-order valence-electron chi connectivity index (χ3n) is 4.21. The number of nitrogens with two attached hydrogens (primary N) is 1. The minimum atomic E-state index is 0.654. The molecule has 17 heavy (non-hydrogen) atoms. The number of rotatable bonds is 4. The van der Waals surface area contributed by atoms with Crippen LogP contribution in [0.4, 0.5) is 0 Å². The van der Waals surface area contributed by atoms with E-state index in [4.69, 9.17) is 5.73 Å². The Hall–Kier alpha value is -0.540. The fourth-order valence-electron chi connectivity index (χ4n) is 3.03. The van der Waals surface area contributed by atoms with Crippen molar-refractivity contribution in [1.82, 2.24) is 10.6 Å². The molecule has 1 saturated carbocycles. The van der Waals surface area contributed by atoms with E-state index in [0.717, 1.165) is 25.6 Å². The summed E-state index contributed by atoms with van der Waals surface area (Å²) in [7, 11) is 0. The van der Waals surface area contributed by atoms with Crippen molar-refractivity contribution in [2.75, 3.05) is 19.6 Å². The molecule has 0 spiro atoms. The van der Waals surface area contributed by atoms with Gasteiger partial charge in [-0.15, -0.1) is 0 Å². The third-order valence-corrected chi connectivity index (χ3v) is 4.21. The number of piperidine rings is 1. The molecule has 98 valence electrons. The van der Waals surface area contributed by atoms with Crippen LogP contribution < -0.4 is 16.4 Å². The monoisotopic (exact) mass is 237 g/mol. The van der Waals surface area contributed by atoms with Crippen molar-refractivity contribution in [1.29, 1.82) is 0 Å². The lowest BCUT2D eigenvalue weighted by Crippen LogP contribution is -2.38. The van der Waals surface area contributed by atoms with Gasteiger partial charge in [-0.3, -0.25) is 0 Å². The summed E-state index contributed by atoms with van der Waals surface area (Å²) in [5.41, 5.74) is 7.35. The Kier molecular flexibility index (Phi) is 5.33. The number of hydrogen-bond acceptors (Lipinski definition) is 3. The average Bonchev–Trinajstić information content (AvgIpc) is 2.42. The normalized spacial score (nSPS) is 24.9. The standard InChI is InChI=1S/C14H27N3/c15-10-13(12-4-2-1-3-5-12)11-17-14-6-8-16-9-7-14/h11-12,14,16-17H,1-10,15H2/b13-11+. The topological polar surface area (TPSA) is 50.1 Å². The molecule has 0 atom stereocenters. The van der Waals surface area contributed by atoms with Crippen molar-refractivity contribution in [3.8, 4) is 0 Å². The van der Waals surface area contributed by atoms with Crippen LogP contribution in [0.2, 0.25) is 0 Å². The van der Waals surface area contributed by atoms with Gasteiger partial charge >= 0.3 is 0 Å². The first-order chi connectivity index (χ1) is 8.40. The minimum absolute atomic E-state index is 0.654. The van der Waals surface area contributed by atoms with Crippen molar-refractivity contribution < 1.29 is 0 Å². The molecule has 2 rings (SSSR count). The molecular weight excluding hydrogens is 210 g/mol. The highest BCUT2D eigenvalue weighted by molar-refractivity contribution is 5.09. The van der Waals surface area contributed by atoms with Crippen LogP contribution >= 0.6 is 0 Å². The fraction of sp³-hybridized carbons (Fsp3) is 0.857. The van der Waals surface area contributed by atoms with Crippen molar-refractivity contribution in [2.24, 2.45) is 11.7 Å². The van der Waals surface area contributed by atoms with E-state index in [1.165, 1.54) is 50.5 Å². The molecule has 0 radical (unpaired) electrons. The van der Waals surface area contributed by atoms with Crippen molar-refractivity contribution in [3.63, 3.8) is 0 Å². The van der Waals surface area contributed by atoms with Crippen LogP contribution in [-0.2, 0) is 0 Å². The zero-order chi connectivity index (χ0) is 11.9. The van der Waals surface area contributed by atoms with Crippen molar-refractivity contribution >= 4 is 0 Å². The molecule has 1 aliphatic carbocycles. The molecular formula is C14H27N3. The third kappa shape index (κ3) is 4.00. The molecule has 1 aliphatic heterocycles. The average molecular weight is 237 g/mol. The van der Waals surface area contributed by atoms with Crippen molar-refractivity contribution in [3.05, 3.63) is 11.8 Å². The molecule has 0 aromatic rings. The summed E-state index contributed by atoms with van der Waals surface area (Å²) in [5, 5.41) is 6.98. The first-order valence-corrected chi connectivity index (χ1v) is 7.26. The SMILES string of the molecule is NC/C(=C\NC1CCNCC1)C1CCCCC1. The van der Waals surface area contributed by atoms with Crippen LogP contribution in [0.1, 0.15) is 44.9 Å². The maximum Gasteiger partial charge on any atom is 0.0279 e. The summed E-state index contributed by atoms with van der Waals surface area (Å²) in [6.07, 6.45) is 11.6. The summed E-state index contributed by atoms with van der Waals surface area (Å²) >= 11 is 0. The van der Waals surface area contributed by atoms with Gasteiger partial charge in [-0.2, -0.15) is 0 Å². The van der Waals surface area contributed by atoms with E-state index in [9.17, 15) is 0 Å². The Bertz CT molecular complexity index is 238. The molecule has 0 amide bonds. The van der Waals surface area contributed by atoms with Gasteiger partial charge in [-0.05, 0) is 56.5 Å². The summed E-state index contributed by atoms with van der Waals surface area (Å²) in [4.78, 5) is 0. The van der Waals surface area contributed by atoms with Gasteiger partial charge in [-0.25, -0.2) is 0 Å². The number of hydrogen-bond donors (Lipinski definition) is 3. The Morgan fingerprint density at radius 2 is 1.82 bits per heavy atom. The van der Waals surface area contributed by atoms with E-state index in [1.54, 1.807) is 0 Å². The molecule has 0 bridgehead atoms. The molecule has 0 unspecified atom stereocenters. The lowest BCUT2D eigenvalue weighted by Gasteiger charge is -2.26. The maximum absolute atomic E-state index is 5.90. The van der Waals surface area contributed by atoms with E-state index >= 15 is 0 Å². The second kappa shape index (κ2) is 7.02. The molecule has 2 aliphatic rings. The maximum atomic E-state index is 5.90. The molecule has 0 aromatic carbocycles. The van der Waals surface area contributed by atoms with Gasteiger partial charge in [0.2, 0.25) is 0 Å². The highest BCUT2D eigenvalue weighted by Crippen LogP contribution is 2.28. The highest BCUT2D eigenvalue weighted by Gasteiger charge is 2.17. The first kappa shape index (κ1) is 12.9. The second-order valence-electron chi connectivity index (χ2n) is 5.45. The van der Waals surface area contributed by atoms with Gasteiger partial charge in [0, 0.05) is 12.6 Å². The summed E-state index contributed by atoms with van der Waals surface area (Å²) in [6.45, 7) is 3.02. The van der Waals surface area contributed by atoms with Gasteiger partial charge < -0.3 is 16.4 Å². The Labute approximate surface area is 105 Å². The van der Waals surface area contributed by atoms with Gasteiger partial charge in [0.15, 0.2) is 0 Å². The van der Waals surface area contributed by atoms with Crippen molar-refractivity contribution in [2.45, 2.75) is 51.0 Å². The highest BCUT2D eigenvalue weighted by atomic mass is 15.0. The molecule has 3 nitrogen and oxygen atoms in total. The molecule has 1 saturated heterocycles. The van der Waals surface area contributed by atoms with Crippen LogP contribution in [0.25, 0.3) is 0 Å². The van der Waals surface area contributed by atoms with E-state index in [0.29, 0.717) is 6.04 Å². The minimum Gasteiger partial charge on any atom is -0.388 e. The lowest BCUT2D eigenvalue weighted by atomic mass is 9.84. The number of nitrogens with one attached hydrogen (secondary N) is 2. The molecule has 1 heterocycles. The Morgan fingerprint density at radius 3 is 2.47 bits per heavy atom. The lowest BCUT2D eigenvalue weighted by molar-refractivity contribution is 0.390. The van der Waals surface area contributed by atoms with Gasteiger partial charge in [-0.1, -0.05) is 19.3 Å². The summed E-state index contributed by atoms with van der Waals surface area (Å²) < 4.78 is 0. The Morgan fingerprint density at radius 1 is 1.12 bits per heavy atom. The zero-order valence-corrected chi connectivity index (χ0v) is 10.9. The molecule has 4 N–H and O–H groups in total. The molecule has 2 fully saturated rings. The van der Waals surface area contributed by atoms with Gasteiger partial charge in [0.25, 0.3) is 0 Å². The predicted octanol–water partition coefficient (Wildman–Crippen LogP) is 1.75. The van der Waals surface area contributed by atoms with Crippen LogP contribution in [0.15, 0.2) is 11.8 Å². The second-order valence-corrected chi connectivity index (χ2v) is 5.45. The van der Waals surface area contributed by atoms with E-state index < -0.39 is 0 Å². The van der Waals surface area contributed by atoms with Crippen LogP contribution in [0.5, 0.6) is 0 Å². The van der Waals surface area contributed by atoms with Gasteiger partial charge in [0.1, 0.15) is 0 Å². The largest absolute Gasteiger partial charge is 0.388 e. The van der Waals surface area contributed by atoms with E-state index in [2.05, 4.69) is 16.8 Å². The Balaban J connectivity index is 1.82. The molecule has 3 heteroatoms. The molecule has 0 aromatic heterocycles. The predicted molar refractivity (Wildman–Crippen MR) is 72.7 cm³/mol. The van der Waals surface area contributed by atoms with E-state index in [1.807, 2.05) is 0 Å². The van der Waals surface area contributed by atoms with Crippen LogP contribution in [0.3, 0.4) is 0 Å². The smallest absolute Gasteiger partial charge is 0.0279 e. The van der Waals surface area contributed by atoms with Crippen LogP contribution in [0, 0.1) is 5.92 Å². The fourth-order valence-corrected chi connectivity index (χ4v) is 3.03. The van der Waals surface area contributed by atoms with Crippen LogP contribution in [-0.4, -0.2) is 25.7 Å². The zero-order valence-electron chi connectivity index (χ0n) is 10.9. The first-order valence-electron chi connectivity index (χ1n) is 7.26. The van der Waals surface area contributed by atoms with E-state index in [-0.39, 0.29) is 0 Å². The van der Waals surface area contributed by atoms with Gasteiger partial charge in [0.05, 0.1) is 0 Å². The summed E-state index contributed by atoms with van der Waals surface area (Å²) in [6, 6.07) is 0.654. The quantitative estimate of drug-likeness (QED) is 0.698.